The van der Waals surface area contributed by atoms with E-state index in [1.807, 2.05) is 4.90 Å². The predicted molar refractivity (Wildman–Crippen MR) is 86.1 cm³/mol. The fraction of sp³-hybridized carbons (Fsp3) is 0.250. The standard InChI is InChI=1S/C16H14N6O3/c17-10-11-2-1-3-20-14(11)21-6-8-22(9-7-21)15(23)12-13(16(24)25)19-5-4-18-12/h1-5H,6-9H2,(H,24,25). The molecular formula is C16H14N6O3. The van der Waals surface area contributed by atoms with Gasteiger partial charge >= 0.3 is 5.97 Å². The summed E-state index contributed by atoms with van der Waals surface area (Å²) in [7, 11) is 0. The van der Waals surface area contributed by atoms with Crippen LogP contribution in [-0.4, -0.2) is 63.0 Å². The van der Waals surface area contributed by atoms with Crippen LogP contribution in [0.3, 0.4) is 0 Å². The molecule has 25 heavy (non-hydrogen) atoms. The Balaban J connectivity index is 1.74. The summed E-state index contributed by atoms with van der Waals surface area (Å²) in [6.45, 7) is 1.71. The lowest BCUT2D eigenvalue weighted by Crippen LogP contribution is -2.49. The Morgan fingerprint density at radius 3 is 2.36 bits per heavy atom. The second-order valence-electron chi connectivity index (χ2n) is 5.32. The zero-order valence-corrected chi connectivity index (χ0v) is 13.2. The summed E-state index contributed by atoms with van der Waals surface area (Å²) in [6.07, 6.45) is 4.15. The molecule has 0 aromatic carbocycles. The minimum absolute atomic E-state index is 0.168. The van der Waals surface area contributed by atoms with Gasteiger partial charge in [0.25, 0.3) is 5.91 Å². The van der Waals surface area contributed by atoms with Gasteiger partial charge < -0.3 is 14.9 Å². The molecule has 9 nitrogen and oxygen atoms in total. The van der Waals surface area contributed by atoms with Gasteiger partial charge in [0, 0.05) is 44.8 Å². The molecule has 0 atom stereocenters. The second kappa shape index (κ2) is 6.92. The largest absolute Gasteiger partial charge is 0.476 e. The summed E-state index contributed by atoms with van der Waals surface area (Å²) in [6, 6.07) is 5.50. The SMILES string of the molecule is N#Cc1cccnc1N1CCN(C(=O)c2nccnc2C(=O)O)CC1. The number of hydrogen-bond donors (Lipinski definition) is 1. The number of anilines is 1. The summed E-state index contributed by atoms with van der Waals surface area (Å²) < 4.78 is 0. The first-order valence-electron chi connectivity index (χ1n) is 7.55. The first kappa shape index (κ1) is 16.3. The molecule has 1 fully saturated rings. The van der Waals surface area contributed by atoms with Gasteiger partial charge in [-0.1, -0.05) is 0 Å². The lowest BCUT2D eigenvalue weighted by molar-refractivity contribution is 0.0663. The van der Waals surface area contributed by atoms with Crippen molar-refractivity contribution in [1.82, 2.24) is 19.9 Å². The van der Waals surface area contributed by atoms with E-state index in [0.717, 1.165) is 0 Å². The van der Waals surface area contributed by atoms with Crippen LogP contribution in [0, 0.1) is 11.3 Å². The van der Waals surface area contributed by atoms with Crippen LogP contribution in [-0.2, 0) is 0 Å². The van der Waals surface area contributed by atoms with Crippen LogP contribution in [0.25, 0.3) is 0 Å². The fourth-order valence-electron chi connectivity index (χ4n) is 2.66. The highest BCUT2D eigenvalue weighted by Crippen LogP contribution is 2.19. The van der Waals surface area contributed by atoms with Crippen LogP contribution in [0.5, 0.6) is 0 Å². The van der Waals surface area contributed by atoms with Gasteiger partial charge in [-0.3, -0.25) is 4.79 Å². The molecule has 0 radical (unpaired) electrons. The van der Waals surface area contributed by atoms with E-state index in [2.05, 4.69) is 21.0 Å². The van der Waals surface area contributed by atoms with Crippen molar-refractivity contribution in [2.24, 2.45) is 0 Å². The van der Waals surface area contributed by atoms with Gasteiger partial charge in [-0.15, -0.1) is 0 Å². The molecule has 126 valence electrons. The number of piperazine rings is 1. The van der Waals surface area contributed by atoms with Gasteiger partial charge in [0.1, 0.15) is 11.9 Å². The number of carboxylic acid groups (broad SMARTS) is 1. The number of aromatic carboxylic acids is 1. The van der Waals surface area contributed by atoms with Crippen LogP contribution in [0.15, 0.2) is 30.7 Å². The van der Waals surface area contributed by atoms with Crippen LogP contribution in [0.4, 0.5) is 5.82 Å². The summed E-state index contributed by atoms with van der Waals surface area (Å²) in [5.41, 5.74) is -0.0465. The molecule has 0 aliphatic carbocycles. The van der Waals surface area contributed by atoms with E-state index >= 15 is 0 Å². The van der Waals surface area contributed by atoms with Crippen LogP contribution >= 0.6 is 0 Å². The first-order chi connectivity index (χ1) is 12.1. The minimum Gasteiger partial charge on any atom is -0.476 e. The topological polar surface area (TPSA) is 123 Å². The molecule has 0 bridgehead atoms. The average molecular weight is 338 g/mol. The van der Waals surface area contributed by atoms with Crippen molar-refractivity contribution in [3.05, 3.63) is 47.7 Å². The number of carbonyl (C=O) groups excluding carboxylic acids is 1. The van der Waals surface area contributed by atoms with Crippen molar-refractivity contribution in [1.29, 1.82) is 5.26 Å². The molecule has 1 aliphatic heterocycles. The van der Waals surface area contributed by atoms with Crippen molar-refractivity contribution in [3.8, 4) is 6.07 Å². The highest BCUT2D eigenvalue weighted by molar-refractivity contribution is 6.02. The van der Waals surface area contributed by atoms with Crippen molar-refractivity contribution >= 4 is 17.7 Å². The van der Waals surface area contributed by atoms with Crippen LogP contribution < -0.4 is 4.90 Å². The number of rotatable bonds is 3. The normalized spacial score (nSPS) is 14.0. The molecular weight excluding hydrogens is 324 g/mol. The number of nitriles is 1. The molecule has 3 rings (SSSR count). The Kier molecular flexibility index (Phi) is 4.52. The van der Waals surface area contributed by atoms with Crippen molar-refractivity contribution < 1.29 is 14.7 Å². The zero-order chi connectivity index (χ0) is 17.8. The summed E-state index contributed by atoms with van der Waals surface area (Å²) in [5, 5.41) is 18.3. The monoisotopic (exact) mass is 338 g/mol. The van der Waals surface area contributed by atoms with Crippen molar-refractivity contribution in [2.45, 2.75) is 0 Å². The van der Waals surface area contributed by atoms with Gasteiger partial charge in [0.15, 0.2) is 11.4 Å². The Bertz CT molecular complexity index is 855. The maximum absolute atomic E-state index is 12.6. The highest BCUT2D eigenvalue weighted by Gasteiger charge is 2.28. The number of aromatic nitrogens is 3. The zero-order valence-electron chi connectivity index (χ0n) is 13.2. The van der Waals surface area contributed by atoms with E-state index < -0.39 is 11.9 Å². The van der Waals surface area contributed by atoms with Crippen molar-refractivity contribution in [2.75, 3.05) is 31.1 Å². The number of pyridine rings is 1. The molecule has 9 heteroatoms. The third kappa shape index (κ3) is 3.23. The third-order valence-corrected chi connectivity index (χ3v) is 3.88. The summed E-state index contributed by atoms with van der Waals surface area (Å²) >= 11 is 0. The molecule has 3 heterocycles. The molecule has 0 unspecified atom stereocenters. The fourth-order valence-corrected chi connectivity index (χ4v) is 2.66. The number of hydrogen-bond acceptors (Lipinski definition) is 7. The number of carboxylic acids is 1. The average Bonchev–Trinajstić information content (AvgIpc) is 2.67. The highest BCUT2D eigenvalue weighted by atomic mass is 16.4. The Morgan fingerprint density at radius 1 is 1.04 bits per heavy atom. The van der Waals surface area contributed by atoms with Crippen LogP contribution in [0.2, 0.25) is 0 Å². The molecule has 1 aliphatic rings. The van der Waals surface area contributed by atoms with Crippen molar-refractivity contribution in [3.63, 3.8) is 0 Å². The number of amides is 1. The lowest BCUT2D eigenvalue weighted by atomic mass is 10.2. The van der Waals surface area contributed by atoms with Gasteiger partial charge in [0.2, 0.25) is 0 Å². The molecule has 0 saturated carbocycles. The summed E-state index contributed by atoms with van der Waals surface area (Å²) in [5.74, 6) is -1.17. The van der Waals surface area contributed by atoms with E-state index in [0.29, 0.717) is 37.6 Å². The van der Waals surface area contributed by atoms with E-state index in [1.165, 1.54) is 17.3 Å². The Hall–Kier alpha value is -3.54. The Morgan fingerprint density at radius 2 is 1.72 bits per heavy atom. The van der Waals surface area contributed by atoms with Gasteiger partial charge in [-0.05, 0) is 12.1 Å². The summed E-state index contributed by atoms with van der Waals surface area (Å²) in [4.78, 5) is 39.0. The molecule has 2 aromatic heterocycles. The second-order valence-corrected chi connectivity index (χ2v) is 5.32. The number of nitrogens with zero attached hydrogens (tertiary/aromatic N) is 6. The van der Waals surface area contributed by atoms with E-state index in [4.69, 9.17) is 10.4 Å². The Labute approximate surface area is 143 Å². The molecule has 1 N–H and O–H groups in total. The van der Waals surface area contributed by atoms with Crippen LogP contribution in [0.1, 0.15) is 26.5 Å². The molecule has 2 aromatic rings. The molecule has 1 amide bonds. The maximum atomic E-state index is 12.6. The maximum Gasteiger partial charge on any atom is 0.356 e. The minimum atomic E-state index is -1.29. The van der Waals surface area contributed by atoms with E-state index in [9.17, 15) is 9.59 Å². The first-order valence-corrected chi connectivity index (χ1v) is 7.55. The molecule has 1 saturated heterocycles. The van der Waals surface area contributed by atoms with Gasteiger partial charge in [-0.25, -0.2) is 19.7 Å². The van der Waals surface area contributed by atoms with E-state index in [1.54, 1.807) is 18.3 Å². The molecule has 0 spiro atoms. The third-order valence-electron chi connectivity index (χ3n) is 3.88. The van der Waals surface area contributed by atoms with E-state index in [-0.39, 0.29) is 11.4 Å². The predicted octanol–water partition coefficient (Wildman–Crippen LogP) is 0.404. The number of carbonyl (C=O) groups is 2. The smallest absolute Gasteiger partial charge is 0.356 e. The van der Waals surface area contributed by atoms with Gasteiger partial charge in [-0.2, -0.15) is 5.26 Å². The quantitative estimate of drug-likeness (QED) is 0.853. The lowest BCUT2D eigenvalue weighted by Gasteiger charge is -2.35. The van der Waals surface area contributed by atoms with Gasteiger partial charge in [0.05, 0.1) is 5.56 Å².